The second kappa shape index (κ2) is 10.5. The molecule has 0 radical (unpaired) electrons. The fraction of sp³-hybridized carbons (Fsp3) is 0.174. The van der Waals surface area contributed by atoms with Gasteiger partial charge in [-0.25, -0.2) is 4.39 Å². The Labute approximate surface area is 198 Å². The topological polar surface area (TPSA) is 67.9 Å². The third-order valence-electron chi connectivity index (χ3n) is 4.50. The summed E-state index contributed by atoms with van der Waals surface area (Å²) in [5.41, 5.74) is 0.847. The first-order valence-corrected chi connectivity index (χ1v) is 10.9. The summed E-state index contributed by atoms with van der Waals surface area (Å²) < 4.78 is 25.9. The lowest BCUT2D eigenvalue weighted by molar-refractivity contribution is -0.128. The van der Waals surface area contributed by atoms with Crippen LogP contribution in [0.1, 0.15) is 18.1 Å². The maximum Gasteiger partial charge on any atom is 0.265 e. The maximum absolute atomic E-state index is 13.9. The second-order valence-electron chi connectivity index (χ2n) is 6.66. The van der Waals surface area contributed by atoms with E-state index in [1.807, 2.05) is 6.92 Å². The van der Waals surface area contributed by atoms with E-state index in [1.54, 1.807) is 30.3 Å². The fourth-order valence-electron chi connectivity index (χ4n) is 2.96. The van der Waals surface area contributed by atoms with Gasteiger partial charge in [-0.15, -0.1) is 6.58 Å². The van der Waals surface area contributed by atoms with Crippen LogP contribution in [0.5, 0.6) is 11.5 Å². The van der Waals surface area contributed by atoms with Gasteiger partial charge in [0.25, 0.3) is 11.8 Å². The number of amides is 2. The molecule has 0 atom stereocenters. The summed E-state index contributed by atoms with van der Waals surface area (Å²) >= 11 is 8.51. The number of carbonyl (C=O) groups is 2. The third kappa shape index (κ3) is 5.23. The molecule has 2 amide bonds. The molecule has 3 rings (SSSR count). The highest BCUT2D eigenvalue weighted by molar-refractivity contribution is 9.10. The molecule has 0 bridgehead atoms. The summed E-state index contributed by atoms with van der Waals surface area (Å²) in [5.74, 6) is -0.706. The summed E-state index contributed by atoms with van der Waals surface area (Å²) in [6.07, 6.45) is 2.97. The lowest BCUT2D eigenvalue weighted by Gasteiger charge is -2.27. The summed E-state index contributed by atoms with van der Waals surface area (Å²) in [5, 5.41) is 2.53. The number of nitrogens with zero attached hydrogens (tertiary/aromatic N) is 1. The summed E-state index contributed by atoms with van der Waals surface area (Å²) in [6, 6.07) is 9.62. The minimum absolute atomic E-state index is 0.00841. The minimum Gasteiger partial charge on any atom is -0.490 e. The number of carbonyl (C=O) groups excluding carboxylic acids is 2. The number of ether oxygens (including phenoxy) is 2. The van der Waals surface area contributed by atoms with Gasteiger partial charge in [-0.2, -0.15) is 0 Å². The van der Waals surface area contributed by atoms with Gasteiger partial charge in [-0.3, -0.25) is 19.8 Å². The largest absolute Gasteiger partial charge is 0.490 e. The molecule has 1 N–H and O–H groups in total. The van der Waals surface area contributed by atoms with Gasteiger partial charge in [0.15, 0.2) is 16.6 Å². The molecule has 6 nitrogen and oxygen atoms in total. The first kappa shape index (κ1) is 23.6. The van der Waals surface area contributed by atoms with Gasteiger partial charge in [-0.1, -0.05) is 40.2 Å². The lowest BCUT2D eigenvalue weighted by Crippen LogP contribution is -2.53. The summed E-state index contributed by atoms with van der Waals surface area (Å²) in [4.78, 5) is 26.4. The lowest BCUT2D eigenvalue weighted by atomic mass is 10.1. The molecule has 32 heavy (non-hydrogen) atoms. The standard InChI is InChI=1S/C23H20BrFN2O4S/c1-3-9-27-22(29)16(21(28)26-23(27)32)10-15-11-19(30-4-2)20(12-17(15)24)31-13-14-7-5-6-8-18(14)25/h3,5-8,10-12H,1,4,9,13H2,2H3,(H,26,28,32)/b16-10+. The molecule has 0 unspecified atom stereocenters. The maximum atomic E-state index is 13.9. The van der Waals surface area contributed by atoms with Gasteiger partial charge in [0.1, 0.15) is 18.0 Å². The molecule has 0 saturated carbocycles. The molecule has 1 fully saturated rings. The molecule has 9 heteroatoms. The highest BCUT2D eigenvalue weighted by atomic mass is 79.9. The zero-order chi connectivity index (χ0) is 23.3. The SMILES string of the molecule is C=CCN1C(=O)/C(=C/c2cc(OCC)c(OCc3ccccc3F)cc2Br)C(=O)NC1=S. The minimum atomic E-state index is -0.593. The van der Waals surface area contributed by atoms with Crippen LogP contribution in [-0.2, 0) is 16.2 Å². The fourth-order valence-corrected chi connectivity index (χ4v) is 3.64. The Bertz CT molecular complexity index is 1120. The highest BCUT2D eigenvalue weighted by Crippen LogP contribution is 2.36. The molecule has 1 saturated heterocycles. The molecular weight excluding hydrogens is 499 g/mol. The molecule has 1 aliphatic heterocycles. The Hall–Kier alpha value is -3.04. The number of rotatable bonds is 8. The summed E-state index contributed by atoms with van der Waals surface area (Å²) in [6.45, 7) is 5.95. The van der Waals surface area contributed by atoms with Gasteiger partial charge >= 0.3 is 0 Å². The van der Waals surface area contributed by atoms with Gasteiger partial charge in [-0.05, 0) is 49.0 Å². The van der Waals surface area contributed by atoms with Crippen LogP contribution in [0.4, 0.5) is 4.39 Å². The van der Waals surface area contributed by atoms with E-state index >= 15 is 0 Å². The predicted molar refractivity (Wildman–Crippen MR) is 127 cm³/mol. The first-order chi connectivity index (χ1) is 15.3. The van der Waals surface area contributed by atoms with Crippen molar-refractivity contribution < 1.29 is 23.5 Å². The van der Waals surface area contributed by atoms with Crippen LogP contribution in [0.2, 0.25) is 0 Å². The summed E-state index contributed by atoms with van der Waals surface area (Å²) in [7, 11) is 0. The zero-order valence-corrected chi connectivity index (χ0v) is 19.6. The van der Waals surface area contributed by atoms with Crippen molar-refractivity contribution in [2.75, 3.05) is 13.2 Å². The van der Waals surface area contributed by atoms with Crippen molar-refractivity contribution in [1.29, 1.82) is 0 Å². The Morgan fingerprint density at radius 1 is 1.22 bits per heavy atom. The van der Waals surface area contributed by atoms with E-state index in [-0.39, 0.29) is 29.7 Å². The van der Waals surface area contributed by atoms with Crippen molar-refractivity contribution in [1.82, 2.24) is 10.2 Å². The first-order valence-electron chi connectivity index (χ1n) is 9.68. The molecule has 2 aromatic carbocycles. The van der Waals surface area contributed by atoms with Crippen LogP contribution in [0.25, 0.3) is 6.08 Å². The van der Waals surface area contributed by atoms with Crippen LogP contribution in [0.3, 0.4) is 0 Å². The molecule has 0 spiro atoms. The van der Waals surface area contributed by atoms with E-state index in [9.17, 15) is 14.0 Å². The van der Waals surface area contributed by atoms with Crippen LogP contribution >= 0.6 is 28.1 Å². The zero-order valence-electron chi connectivity index (χ0n) is 17.2. The Balaban J connectivity index is 1.93. The quantitative estimate of drug-likeness (QED) is 0.243. The number of benzene rings is 2. The molecular formula is C23H20BrFN2O4S. The molecule has 2 aromatic rings. The van der Waals surface area contributed by atoms with E-state index in [0.717, 1.165) is 0 Å². The van der Waals surface area contributed by atoms with Crippen molar-refractivity contribution in [3.63, 3.8) is 0 Å². The van der Waals surface area contributed by atoms with E-state index in [1.165, 1.54) is 23.1 Å². The van der Waals surface area contributed by atoms with Gasteiger partial charge in [0.05, 0.1) is 6.61 Å². The van der Waals surface area contributed by atoms with Crippen molar-refractivity contribution in [3.8, 4) is 11.5 Å². The Morgan fingerprint density at radius 2 is 1.94 bits per heavy atom. The second-order valence-corrected chi connectivity index (χ2v) is 7.90. The number of nitrogens with one attached hydrogen (secondary N) is 1. The van der Waals surface area contributed by atoms with E-state index in [2.05, 4.69) is 27.8 Å². The number of hydrogen-bond donors (Lipinski definition) is 1. The average Bonchev–Trinajstić information content (AvgIpc) is 2.76. The van der Waals surface area contributed by atoms with E-state index in [0.29, 0.717) is 33.7 Å². The third-order valence-corrected chi connectivity index (χ3v) is 5.51. The number of halogens is 2. The van der Waals surface area contributed by atoms with Crippen LogP contribution < -0.4 is 14.8 Å². The van der Waals surface area contributed by atoms with Crippen molar-refractivity contribution in [2.24, 2.45) is 0 Å². The monoisotopic (exact) mass is 518 g/mol. The molecule has 166 valence electrons. The van der Waals surface area contributed by atoms with Gasteiger partial charge in [0, 0.05) is 16.6 Å². The highest BCUT2D eigenvalue weighted by Gasteiger charge is 2.32. The van der Waals surface area contributed by atoms with Crippen molar-refractivity contribution >= 4 is 51.2 Å². The molecule has 1 heterocycles. The molecule has 1 aliphatic rings. The van der Waals surface area contributed by atoms with Crippen molar-refractivity contribution in [2.45, 2.75) is 13.5 Å². The van der Waals surface area contributed by atoms with Gasteiger partial charge in [0.2, 0.25) is 0 Å². The van der Waals surface area contributed by atoms with E-state index < -0.39 is 11.8 Å². The number of thiocarbonyl (C=S) groups is 1. The van der Waals surface area contributed by atoms with Crippen molar-refractivity contribution in [3.05, 3.63) is 76.0 Å². The smallest absolute Gasteiger partial charge is 0.265 e. The van der Waals surface area contributed by atoms with Crippen LogP contribution in [0.15, 0.2) is 59.1 Å². The number of hydrogen-bond acceptors (Lipinski definition) is 5. The normalized spacial score (nSPS) is 15.0. The molecule has 0 aliphatic carbocycles. The van der Waals surface area contributed by atoms with Crippen LogP contribution in [0, 0.1) is 5.82 Å². The Morgan fingerprint density at radius 3 is 2.62 bits per heavy atom. The predicted octanol–water partition coefficient (Wildman–Crippen LogP) is 4.38. The van der Waals surface area contributed by atoms with E-state index in [4.69, 9.17) is 21.7 Å². The van der Waals surface area contributed by atoms with Crippen LogP contribution in [-0.4, -0.2) is 35.0 Å². The Kier molecular flexibility index (Phi) is 7.76. The molecule has 0 aromatic heterocycles. The average molecular weight is 519 g/mol. The van der Waals surface area contributed by atoms with Gasteiger partial charge < -0.3 is 9.47 Å².